The van der Waals surface area contributed by atoms with Crippen LogP contribution in [0, 0.1) is 16.7 Å². The SMILES string of the molecule is CC(C)(C#N)CCCNC1CC=CCC1. The molecule has 1 aliphatic rings. The zero-order chi connectivity index (χ0) is 11.1. The fourth-order valence-corrected chi connectivity index (χ4v) is 1.87. The molecule has 0 amide bonds. The first kappa shape index (κ1) is 12.3. The maximum absolute atomic E-state index is 8.86. The summed E-state index contributed by atoms with van der Waals surface area (Å²) in [6.07, 6.45) is 10.2. The van der Waals surface area contributed by atoms with Crippen molar-refractivity contribution in [1.29, 1.82) is 5.26 Å². The summed E-state index contributed by atoms with van der Waals surface area (Å²) in [5, 5.41) is 12.4. The van der Waals surface area contributed by atoms with Crippen LogP contribution in [0.4, 0.5) is 0 Å². The summed E-state index contributed by atoms with van der Waals surface area (Å²) in [6.45, 7) is 5.07. The maximum Gasteiger partial charge on any atom is 0.0683 e. The van der Waals surface area contributed by atoms with Gasteiger partial charge in [-0.3, -0.25) is 0 Å². The predicted octanol–water partition coefficient (Wildman–Crippen LogP) is 3.01. The molecule has 1 atom stereocenters. The van der Waals surface area contributed by atoms with Gasteiger partial charge in [-0.1, -0.05) is 12.2 Å². The molecule has 2 heteroatoms. The van der Waals surface area contributed by atoms with E-state index >= 15 is 0 Å². The molecule has 2 nitrogen and oxygen atoms in total. The van der Waals surface area contributed by atoms with Gasteiger partial charge in [-0.2, -0.15) is 5.26 Å². The summed E-state index contributed by atoms with van der Waals surface area (Å²) < 4.78 is 0. The summed E-state index contributed by atoms with van der Waals surface area (Å²) in [4.78, 5) is 0. The smallest absolute Gasteiger partial charge is 0.0683 e. The molecule has 0 bridgehead atoms. The van der Waals surface area contributed by atoms with Gasteiger partial charge in [0, 0.05) is 6.04 Å². The van der Waals surface area contributed by atoms with Gasteiger partial charge in [0.15, 0.2) is 0 Å². The van der Waals surface area contributed by atoms with Crippen molar-refractivity contribution in [3.63, 3.8) is 0 Å². The van der Waals surface area contributed by atoms with Crippen LogP contribution in [-0.2, 0) is 0 Å². The van der Waals surface area contributed by atoms with E-state index in [1.165, 1.54) is 19.3 Å². The molecule has 1 rings (SSSR count). The van der Waals surface area contributed by atoms with Gasteiger partial charge in [0.1, 0.15) is 0 Å². The van der Waals surface area contributed by atoms with Crippen LogP contribution in [0.5, 0.6) is 0 Å². The van der Waals surface area contributed by atoms with E-state index in [0.717, 1.165) is 19.4 Å². The second-order valence-electron chi connectivity index (χ2n) is 5.03. The number of allylic oxidation sites excluding steroid dienone is 1. The molecule has 0 saturated heterocycles. The number of rotatable bonds is 5. The molecule has 0 radical (unpaired) electrons. The molecule has 1 N–H and O–H groups in total. The van der Waals surface area contributed by atoms with Crippen molar-refractivity contribution < 1.29 is 0 Å². The number of nitrogens with zero attached hydrogens (tertiary/aromatic N) is 1. The lowest BCUT2D eigenvalue weighted by molar-refractivity contribution is 0.403. The highest BCUT2D eigenvalue weighted by Gasteiger charge is 2.16. The van der Waals surface area contributed by atoms with Crippen LogP contribution in [-0.4, -0.2) is 12.6 Å². The molecule has 0 aromatic rings. The molecule has 15 heavy (non-hydrogen) atoms. The van der Waals surface area contributed by atoms with Gasteiger partial charge in [-0.15, -0.1) is 0 Å². The molecular formula is C13H22N2. The van der Waals surface area contributed by atoms with E-state index in [4.69, 9.17) is 5.26 Å². The molecule has 0 aromatic carbocycles. The largest absolute Gasteiger partial charge is 0.314 e. The fourth-order valence-electron chi connectivity index (χ4n) is 1.87. The maximum atomic E-state index is 8.86. The van der Waals surface area contributed by atoms with Crippen molar-refractivity contribution in [2.45, 2.75) is 52.0 Å². The molecular weight excluding hydrogens is 184 g/mol. The summed E-state index contributed by atoms with van der Waals surface area (Å²) >= 11 is 0. The second kappa shape index (κ2) is 5.92. The first-order valence-electron chi connectivity index (χ1n) is 5.94. The van der Waals surface area contributed by atoms with Crippen LogP contribution in [0.15, 0.2) is 12.2 Å². The molecule has 0 heterocycles. The molecule has 1 unspecified atom stereocenters. The minimum Gasteiger partial charge on any atom is -0.314 e. The van der Waals surface area contributed by atoms with Crippen LogP contribution in [0.25, 0.3) is 0 Å². The summed E-state index contributed by atoms with van der Waals surface area (Å²) in [5.41, 5.74) is -0.159. The lowest BCUT2D eigenvalue weighted by Crippen LogP contribution is -2.31. The Morgan fingerprint density at radius 2 is 2.27 bits per heavy atom. The highest BCUT2D eigenvalue weighted by Crippen LogP contribution is 2.20. The van der Waals surface area contributed by atoms with Gasteiger partial charge < -0.3 is 5.32 Å². The molecule has 84 valence electrons. The zero-order valence-electron chi connectivity index (χ0n) is 9.92. The Morgan fingerprint density at radius 1 is 1.47 bits per heavy atom. The van der Waals surface area contributed by atoms with Crippen LogP contribution in [0.1, 0.15) is 46.0 Å². The Morgan fingerprint density at radius 3 is 2.87 bits per heavy atom. The average Bonchev–Trinajstić information content (AvgIpc) is 2.26. The standard InChI is InChI=1S/C13H22N2/c1-13(2,11-14)9-6-10-15-12-7-4-3-5-8-12/h3-4,12,15H,5-10H2,1-2H3. The third-order valence-corrected chi connectivity index (χ3v) is 2.98. The van der Waals surface area contributed by atoms with Gasteiger partial charge in [0.05, 0.1) is 11.5 Å². The Balaban J connectivity index is 2.07. The van der Waals surface area contributed by atoms with Crippen molar-refractivity contribution >= 4 is 0 Å². The molecule has 0 spiro atoms. The number of hydrogen-bond donors (Lipinski definition) is 1. The lowest BCUT2D eigenvalue weighted by Gasteiger charge is -2.20. The Hall–Kier alpha value is -0.810. The third-order valence-electron chi connectivity index (χ3n) is 2.98. The van der Waals surface area contributed by atoms with Gasteiger partial charge in [0.25, 0.3) is 0 Å². The molecule has 0 saturated carbocycles. The highest BCUT2D eigenvalue weighted by atomic mass is 14.9. The Kier molecular flexibility index (Phi) is 4.84. The van der Waals surface area contributed by atoms with Gasteiger partial charge in [-0.05, 0) is 52.5 Å². The summed E-state index contributed by atoms with van der Waals surface area (Å²) in [7, 11) is 0. The van der Waals surface area contributed by atoms with Crippen molar-refractivity contribution in [2.24, 2.45) is 5.41 Å². The van der Waals surface area contributed by atoms with E-state index in [0.29, 0.717) is 6.04 Å². The number of nitrogens with one attached hydrogen (secondary N) is 1. The second-order valence-corrected chi connectivity index (χ2v) is 5.03. The first-order chi connectivity index (χ1) is 7.14. The normalized spacial score (nSPS) is 21.3. The van der Waals surface area contributed by atoms with Crippen molar-refractivity contribution in [1.82, 2.24) is 5.32 Å². The third kappa shape index (κ3) is 4.99. The number of nitriles is 1. The van der Waals surface area contributed by atoms with Gasteiger partial charge in [0.2, 0.25) is 0 Å². The highest BCUT2D eigenvalue weighted by molar-refractivity contribution is 4.93. The first-order valence-corrected chi connectivity index (χ1v) is 5.94. The van der Waals surface area contributed by atoms with E-state index in [1.807, 2.05) is 13.8 Å². The topological polar surface area (TPSA) is 35.8 Å². The van der Waals surface area contributed by atoms with Crippen LogP contribution in [0.2, 0.25) is 0 Å². The van der Waals surface area contributed by atoms with E-state index in [9.17, 15) is 0 Å². The van der Waals surface area contributed by atoms with Gasteiger partial charge in [-0.25, -0.2) is 0 Å². The molecule has 0 fully saturated rings. The molecule has 0 aliphatic heterocycles. The van der Waals surface area contributed by atoms with Crippen LogP contribution >= 0.6 is 0 Å². The Labute approximate surface area is 93.4 Å². The quantitative estimate of drug-likeness (QED) is 0.554. The van der Waals surface area contributed by atoms with Crippen molar-refractivity contribution in [3.05, 3.63) is 12.2 Å². The van der Waals surface area contributed by atoms with Crippen molar-refractivity contribution in [3.8, 4) is 6.07 Å². The van der Waals surface area contributed by atoms with E-state index in [1.54, 1.807) is 0 Å². The van der Waals surface area contributed by atoms with Crippen molar-refractivity contribution in [2.75, 3.05) is 6.54 Å². The average molecular weight is 206 g/mol. The summed E-state index contributed by atoms with van der Waals surface area (Å²) in [5.74, 6) is 0. The molecule has 0 aromatic heterocycles. The van der Waals surface area contributed by atoms with Gasteiger partial charge >= 0.3 is 0 Å². The van der Waals surface area contributed by atoms with E-state index < -0.39 is 0 Å². The monoisotopic (exact) mass is 206 g/mol. The predicted molar refractivity (Wildman–Crippen MR) is 63.4 cm³/mol. The minimum absolute atomic E-state index is 0.159. The van der Waals surface area contributed by atoms with E-state index in [2.05, 4.69) is 23.5 Å². The minimum atomic E-state index is -0.159. The zero-order valence-corrected chi connectivity index (χ0v) is 9.92. The fraction of sp³-hybridized carbons (Fsp3) is 0.769. The van der Waals surface area contributed by atoms with Crippen LogP contribution < -0.4 is 5.32 Å². The van der Waals surface area contributed by atoms with E-state index in [-0.39, 0.29) is 5.41 Å². The molecule has 1 aliphatic carbocycles. The summed E-state index contributed by atoms with van der Waals surface area (Å²) in [6, 6.07) is 3.01. The Bertz CT molecular complexity index is 248. The lowest BCUT2D eigenvalue weighted by atomic mass is 9.90. The number of hydrogen-bond acceptors (Lipinski definition) is 2. The van der Waals surface area contributed by atoms with Crippen LogP contribution in [0.3, 0.4) is 0 Å².